The number of carbonyl (C=O) groups excluding carboxylic acids is 2. The summed E-state index contributed by atoms with van der Waals surface area (Å²) in [6.07, 6.45) is 0.0808. The third kappa shape index (κ3) is 4.51. The van der Waals surface area contributed by atoms with Crippen molar-refractivity contribution in [1.82, 2.24) is 14.7 Å². The van der Waals surface area contributed by atoms with Crippen molar-refractivity contribution in [3.05, 3.63) is 56.5 Å². The number of benzene rings is 1. The van der Waals surface area contributed by atoms with Crippen molar-refractivity contribution in [2.75, 3.05) is 18.5 Å². The normalized spacial score (nSPS) is 13.0. The summed E-state index contributed by atoms with van der Waals surface area (Å²) in [6.45, 7) is 4.40. The first kappa shape index (κ1) is 19.9. The molecule has 148 valence electrons. The molecule has 1 aromatic heterocycles. The number of fused-ring (bicyclic) bond motifs is 1. The number of ether oxygens (including phenoxy) is 1. The molecule has 28 heavy (non-hydrogen) atoms. The van der Waals surface area contributed by atoms with E-state index in [-0.39, 0.29) is 19.0 Å². The zero-order chi connectivity index (χ0) is 20.3. The van der Waals surface area contributed by atoms with Gasteiger partial charge in [-0.3, -0.25) is 9.59 Å². The molecule has 0 saturated heterocycles. The Morgan fingerprint density at radius 3 is 2.86 bits per heavy atom. The number of rotatable bonds is 4. The van der Waals surface area contributed by atoms with E-state index >= 15 is 0 Å². The van der Waals surface area contributed by atoms with Crippen molar-refractivity contribution in [2.45, 2.75) is 33.4 Å². The highest BCUT2D eigenvalue weighted by Crippen LogP contribution is 2.20. The third-order valence-electron chi connectivity index (χ3n) is 4.44. The summed E-state index contributed by atoms with van der Waals surface area (Å²) in [5.74, 6) is -0.371. The zero-order valence-electron chi connectivity index (χ0n) is 15.7. The fraction of sp³-hybridized carbons (Fsp3) is 0.368. The number of anilines is 1. The lowest BCUT2D eigenvalue weighted by Gasteiger charge is -2.27. The topological polar surface area (TPSA) is 93.5 Å². The highest BCUT2D eigenvalue weighted by molar-refractivity contribution is 6.31. The van der Waals surface area contributed by atoms with E-state index in [1.165, 1.54) is 11.0 Å². The first-order valence-electron chi connectivity index (χ1n) is 8.95. The van der Waals surface area contributed by atoms with Gasteiger partial charge in [-0.25, -0.2) is 9.48 Å². The SMILES string of the molecule is CCOC(=O)N1CCc2nn(CC(=O)Nc3cc(Cl)ccc3C)c(=O)cc2C1. The van der Waals surface area contributed by atoms with E-state index in [0.717, 1.165) is 10.2 Å². The minimum absolute atomic E-state index is 0.209. The van der Waals surface area contributed by atoms with Crippen LogP contribution in [-0.2, 0) is 29.0 Å². The van der Waals surface area contributed by atoms with Crippen molar-refractivity contribution in [3.8, 4) is 0 Å². The molecule has 9 heteroatoms. The first-order chi connectivity index (χ1) is 13.4. The van der Waals surface area contributed by atoms with Crippen LogP contribution < -0.4 is 10.9 Å². The molecule has 0 bridgehead atoms. The Kier molecular flexibility index (Phi) is 5.99. The van der Waals surface area contributed by atoms with Gasteiger partial charge in [0.15, 0.2) is 0 Å². The molecule has 3 rings (SSSR count). The van der Waals surface area contributed by atoms with Crippen molar-refractivity contribution >= 4 is 29.3 Å². The fourth-order valence-electron chi connectivity index (χ4n) is 2.98. The van der Waals surface area contributed by atoms with Gasteiger partial charge >= 0.3 is 6.09 Å². The Labute approximate surface area is 167 Å². The Balaban J connectivity index is 1.72. The van der Waals surface area contributed by atoms with Crippen LogP contribution in [0.5, 0.6) is 0 Å². The largest absolute Gasteiger partial charge is 0.450 e. The van der Waals surface area contributed by atoms with Crippen molar-refractivity contribution in [2.24, 2.45) is 0 Å². The molecule has 0 saturated carbocycles. The Bertz CT molecular complexity index is 973. The second kappa shape index (κ2) is 8.43. The van der Waals surface area contributed by atoms with E-state index in [1.54, 1.807) is 25.1 Å². The van der Waals surface area contributed by atoms with Crippen LogP contribution >= 0.6 is 11.6 Å². The maximum absolute atomic E-state index is 12.4. The standard InChI is InChI=1S/C19H21ClN4O4/c1-3-28-19(27)23-7-6-15-13(10-23)8-18(26)24(22-15)11-17(25)21-16-9-14(20)5-4-12(16)2/h4-5,8-9H,3,6-7,10-11H2,1-2H3,(H,21,25). The van der Waals surface area contributed by atoms with E-state index in [1.807, 2.05) is 6.92 Å². The molecule has 0 unspecified atom stereocenters. The Hall–Kier alpha value is -2.87. The molecule has 0 fully saturated rings. The second-order valence-corrected chi connectivity index (χ2v) is 6.93. The number of hydrogen-bond acceptors (Lipinski definition) is 5. The van der Waals surface area contributed by atoms with Gasteiger partial charge in [0.1, 0.15) is 6.54 Å². The number of amides is 2. The Morgan fingerprint density at radius 1 is 1.32 bits per heavy atom. The summed E-state index contributed by atoms with van der Waals surface area (Å²) in [5, 5.41) is 7.57. The number of aryl methyl sites for hydroxylation is 1. The molecule has 0 spiro atoms. The van der Waals surface area contributed by atoms with Gasteiger partial charge < -0.3 is 15.0 Å². The van der Waals surface area contributed by atoms with Gasteiger partial charge in [-0.05, 0) is 31.5 Å². The van der Waals surface area contributed by atoms with Crippen LogP contribution in [0.1, 0.15) is 23.7 Å². The van der Waals surface area contributed by atoms with Gasteiger partial charge in [0.25, 0.3) is 5.56 Å². The quantitative estimate of drug-likeness (QED) is 0.844. The summed E-state index contributed by atoms with van der Waals surface area (Å²) in [6, 6.07) is 6.62. The van der Waals surface area contributed by atoms with Crippen LogP contribution in [0.3, 0.4) is 0 Å². The molecule has 1 N–H and O–H groups in total. The second-order valence-electron chi connectivity index (χ2n) is 6.49. The predicted molar refractivity (Wildman–Crippen MR) is 104 cm³/mol. The number of nitrogens with one attached hydrogen (secondary N) is 1. The molecular weight excluding hydrogens is 384 g/mol. The average Bonchev–Trinajstić information content (AvgIpc) is 2.65. The molecule has 0 aliphatic carbocycles. The van der Waals surface area contributed by atoms with Crippen LogP contribution in [0.2, 0.25) is 5.02 Å². The Morgan fingerprint density at radius 2 is 2.11 bits per heavy atom. The van der Waals surface area contributed by atoms with Crippen molar-refractivity contribution < 1.29 is 14.3 Å². The molecular formula is C19H21ClN4O4. The van der Waals surface area contributed by atoms with Gasteiger partial charge in [-0.1, -0.05) is 17.7 Å². The summed E-state index contributed by atoms with van der Waals surface area (Å²) in [4.78, 5) is 38.1. The molecule has 0 atom stereocenters. The third-order valence-corrected chi connectivity index (χ3v) is 4.67. The van der Waals surface area contributed by atoms with Gasteiger partial charge in [0.05, 0.1) is 18.8 Å². The number of nitrogens with zero attached hydrogens (tertiary/aromatic N) is 3. The molecule has 8 nitrogen and oxygen atoms in total. The van der Waals surface area contributed by atoms with Gasteiger partial charge in [0, 0.05) is 35.3 Å². The van der Waals surface area contributed by atoms with Crippen LogP contribution in [0.15, 0.2) is 29.1 Å². The van der Waals surface area contributed by atoms with Crippen LogP contribution in [-0.4, -0.2) is 39.8 Å². The van der Waals surface area contributed by atoms with Crippen molar-refractivity contribution in [1.29, 1.82) is 0 Å². The minimum atomic E-state index is -0.409. The van der Waals surface area contributed by atoms with Gasteiger partial charge in [0.2, 0.25) is 5.91 Å². The lowest BCUT2D eigenvalue weighted by molar-refractivity contribution is -0.117. The molecule has 2 heterocycles. The molecule has 1 aliphatic rings. The lowest BCUT2D eigenvalue weighted by atomic mass is 10.1. The fourth-order valence-corrected chi connectivity index (χ4v) is 3.15. The maximum atomic E-state index is 12.4. The van der Waals surface area contributed by atoms with Crippen LogP contribution in [0.25, 0.3) is 0 Å². The van der Waals surface area contributed by atoms with E-state index in [4.69, 9.17) is 16.3 Å². The summed E-state index contributed by atoms with van der Waals surface area (Å²) in [5.41, 5.74) is 2.43. The molecule has 1 aromatic carbocycles. The highest BCUT2D eigenvalue weighted by atomic mass is 35.5. The number of aromatic nitrogens is 2. The minimum Gasteiger partial charge on any atom is -0.450 e. The van der Waals surface area contributed by atoms with Gasteiger partial charge in [-0.2, -0.15) is 5.10 Å². The highest BCUT2D eigenvalue weighted by Gasteiger charge is 2.24. The van der Waals surface area contributed by atoms with Crippen LogP contribution in [0, 0.1) is 6.92 Å². The van der Waals surface area contributed by atoms with Crippen molar-refractivity contribution in [3.63, 3.8) is 0 Å². The van der Waals surface area contributed by atoms with E-state index in [0.29, 0.717) is 41.5 Å². The average molecular weight is 405 g/mol. The molecule has 1 aliphatic heterocycles. The summed E-state index contributed by atoms with van der Waals surface area (Å²) in [7, 11) is 0. The number of hydrogen-bond donors (Lipinski definition) is 1. The van der Waals surface area contributed by atoms with E-state index < -0.39 is 11.7 Å². The lowest BCUT2D eigenvalue weighted by Crippen LogP contribution is -2.39. The van der Waals surface area contributed by atoms with E-state index in [9.17, 15) is 14.4 Å². The smallest absolute Gasteiger partial charge is 0.410 e. The zero-order valence-corrected chi connectivity index (χ0v) is 16.5. The summed E-state index contributed by atoms with van der Waals surface area (Å²) >= 11 is 5.96. The molecule has 0 radical (unpaired) electrons. The first-order valence-corrected chi connectivity index (χ1v) is 9.32. The van der Waals surface area contributed by atoms with Crippen LogP contribution in [0.4, 0.5) is 10.5 Å². The maximum Gasteiger partial charge on any atom is 0.410 e. The predicted octanol–water partition coefficient (Wildman–Crippen LogP) is 2.36. The van der Waals surface area contributed by atoms with Gasteiger partial charge in [-0.15, -0.1) is 0 Å². The monoisotopic (exact) mass is 404 g/mol. The molecule has 2 aromatic rings. The summed E-state index contributed by atoms with van der Waals surface area (Å²) < 4.78 is 6.13. The van der Waals surface area contributed by atoms with E-state index in [2.05, 4.69) is 10.4 Å². The molecule has 2 amide bonds. The number of halogens is 1. The number of carbonyl (C=O) groups is 2.